The van der Waals surface area contributed by atoms with Crippen LogP contribution in [0, 0.1) is 10.1 Å². The van der Waals surface area contributed by atoms with E-state index >= 15 is 0 Å². The molecule has 80 valence electrons. The Morgan fingerprint density at radius 2 is 2.53 bits per heavy atom. The molecule has 2 rings (SSSR count). The van der Waals surface area contributed by atoms with Crippen LogP contribution >= 0.6 is 0 Å². The van der Waals surface area contributed by atoms with E-state index in [2.05, 4.69) is 15.2 Å². The Morgan fingerprint density at radius 1 is 1.80 bits per heavy atom. The number of aryl methyl sites for hydroxylation is 1. The van der Waals surface area contributed by atoms with Crippen LogP contribution in [0.15, 0.2) is 6.20 Å². The van der Waals surface area contributed by atoms with Gasteiger partial charge in [0, 0.05) is 7.05 Å². The van der Waals surface area contributed by atoms with Gasteiger partial charge >= 0.3 is 11.8 Å². The fourth-order valence-corrected chi connectivity index (χ4v) is 1.51. The lowest BCUT2D eigenvalue weighted by Gasteiger charge is -2.06. The highest BCUT2D eigenvalue weighted by Gasteiger charge is 2.33. The molecule has 1 unspecified atom stereocenters. The molecular weight excluding hydrogens is 204 g/mol. The number of aromatic nitrogens is 2. The van der Waals surface area contributed by atoms with Crippen molar-refractivity contribution in [2.24, 2.45) is 7.05 Å². The largest absolute Gasteiger partial charge is 0.447 e. The lowest BCUT2D eigenvalue weighted by molar-refractivity contribution is -0.385. The van der Waals surface area contributed by atoms with Gasteiger partial charge in [0.1, 0.15) is 24.5 Å². The van der Waals surface area contributed by atoms with E-state index in [0.29, 0.717) is 5.69 Å². The van der Waals surface area contributed by atoms with E-state index in [0.717, 1.165) is 6.20 Å². The number of nitrogens with one attached hydrogen (secondary N) is 1. The van der Waals surface area contributed by atoms with E-state index in [1.807, 2.05) is 0 Å². The number of carbonyl (C=O) groups excluding carboxylic acids is 1. The number of nitrogens with zero attached hydrogens (tertiary/aromatic N) is 3. The SMILES string of the molecule is Cn1ncc([N+](=O)[O-])c1C1COC(=O)N1. The number of rotatable bonds is 2. The number of cyclic esters (lactones) is 1. The zero-order chi connectivity index (χ0) is 11.0. The maximum absolute atomic E-state index is 10.8. The van der Waals surface area contributed by atoms with E-state index in [4.69, 9.17) is 0 Å². The number of amides is 1. The molecule has 1 amide bonds. The van der Waals surface area contributed by atoms with Crippen LogP contribution in [0.25, 0.3) is 0 Å². The van der Waals surface area contributed by atoms with E-state index < -0.39 is 17.1 Å². The standard InChI is InChI=1S/C7H8N4O4/c1-10-6(4-3-15-7(12)9-4)5(2-8-10)11(13)14/h2,4H,3H2,1H3,(H,9,12). The molecule has 1 aromatic rings. The molecular formula is C7H8N4O4. The van der Waals surface area contributed by atoms with Crippen molar-refractivity contribution >= 4 is 11.8 Å². The minimum atomic E-state index is -0.574. The second kappa shape index (κ2) is 3.23. The Hall–Kier alpha value is -2.12. The molecule has 1 aliphatic rings. The summed E-state index contributed by atoms with van der Waals surface area (Å²) in [5, 5.41) is 16.9. The van der Waals surface area contributed by atoms with Gasteiger partial charge in [0.15, 0.2) is 0 Å². The molecule has 0 aliphatic carbocycles. The first-order valence-electron chi connectivity index (χ1n) is 4.19. The van der Waals surface area contributed by atoms with Crippen LogP contribution in [0.4, 0.5) is 10.5 Å². The van der Waals surface area contributed by atoms with Gasteiger partial charge in [-0.1, -0.05) is 0 Å². The summed E-state index contributed by atoms with van der Waals surface area (Å²) in [6.45, 7) is 0.0825. The van der Waals surface area contributed by atoms with Crippen molar-refractivity contribution in [1.29, 1.82) is 0 Å². The highest BCUT2D eigenvalue weighted by Crippen LogP contribution is 2.26. The van der Waals surface area contributed by atoms with Crippen LogP contribution in [0.1, 0.15) is 11.7 Å². The second-order valence-electron chi connectivity index (χ2n) is 3.09. The van der Waals surface area contributed by atoms with Crippen molar-refractivity contribution in [2.75, 3.05) is 6.61 Å². The highest BCUT2D eigenvalue weighted by atomic mass is 16.6. The van der Waals surface area contributed by atoms with Crippen molar-refractivity contribution in [3.63, 3.8) is 0 Å². The molecule has 1 aliphatic heterocycles. The van der Waals surface area contributed by atoms with Crippen molar-refractivity contribution in [3.05, 3.63) is 22.0 Å². The number of hydrogen-bond acceptors (Lipinski definition) is 5. The molecule has 8 nitrogen and oxygen atoms in total. The minimum absolute atomic E-state index is 0.0825. The summed E-state index contributed by atoms with van der Waals surface area (Å²) >= 11 is 0. The molecule has 0 radical (unpaired) electrons. The van der Waals surface area contributed by atoms with Gasteiger partial charge in [-0.3, -0.25) is 14.8 Å². The topological polar surface area (TPSA) is 99.3 Å². The molecule has 0 spiro atoms. The summed E-state index contributed by atoms with van der Waals surface area (Å²) < 4.78 is 6.02. The quantitative estimate of drug-likeness (QED) is 0.554. The summed E-state index contributed by atoms with van der Waals surface area (Å²) in [4.78, 5) is 20.9. The van der Waals surface area contributed by atoms with Gasteiger partial charge in [-0.05, 0) is 0 Å². The van der Waals surface area contributed by atoms with Gasteiger partial charge in [0.25, 0.3) is 0 Å². The van der Waals surface area contributed by atoms with Crippen molar-refractivity contribution < 1.29 is 14.5 Å². The smallest absolute Gasteiger partial charge is 0.407 e. The molecule has 1 atom stereocenters. The molecule has 2 heterocycles. The molecule has 0 aromatic carbocycles. The zero-order valence-electron chi connectivity index (χ0n) is 7.84. The van der Waals surface area contributed by atoms with Crippen molar-refractivity contribution in [3.8, 4) is 0 Å². The van der Waals surface area contributed by atoms with Gasteiger partial charge in [-0.15, -0.1) is 0 Å². The Balaban J connectivity index is 2.38. The summed E-state index contributed by atoms with van der Waals surface area (Å²) in [6.07, 6.45) is 0.579. The summed E-state index contributed by atoms with van der Waals surface area (Å²) in [5.41, 5.74) is 0.221. The Labute approximate surface area is 84.0 Å². The molecule has 0 saturated carbocycles. The maximum Gasteiger partial charge on any atom is 0.407 e. The van der Waals surface area contributed by atoms with Crippen LogP contribution in [0.2, 0.25) is 0 Å². The average molecular weight is 212 g/mol. The molecule has 0 bridgehead atoms. The lowest BCUT2D eigenvalue weighted by atomic mass is 10.2. The van der Waals surface area contributed by atoms with Crippen LogP contribution < -0.4 is 5.32 Å². The molecule has 1 saturated heterocycles. The monoisotopic (exact) mass is 212 g/mol. The maximum atomic E-state index is 10.8. The first-order valence-corrected chi connectivity index (χ1v) is 4.19. The minimum Gasteiger partial charge on any atom is -0.447 e. The fourth-order valence-electron chi connectivity index (χ4n) is 1.51. The first kappa shape index (κ1) is 9.44. The van der Waals surface area contributed by atoms with E-state index in [1.165, 1.54) is 4.68 Å². The predicted octanol–water partition coefficient (Wildman–Crippen LogP) is 0.109. The van der Waals surface area contributed by atoms with E-state index in [1.54, 1.807) is 7.05 Å². The normalized spacial score (nSPS) is 19.8. The van der Waals surface area contributed by atoms with Crippen LogP contribution in [-0.4, -0.2) is 27.4 Å². The Morgan fingerprint density at radius 3 is 3.07 bits per heavy atom. The van der Waals surface area contributed by atoms with Gasteiger partial charge in [0.05, 0.1) is 4.92 Å². The molecule has 1 fully saturated rings. The Kier molecular flexibility index (Phi) is 2.03. The second-order valence-corrected chi connectivity index (χ2v) is 3.09. The Bertz CT molecular complexity index is 427. The van der Waals surface area contributed by atoms with Gasteiger partial charge in [0.2, 0.25) is 0 Å². The molecule has 1 N–H and O–H groups in total. The summed E-state index contributed by atoms with van der Waals surface area (Å²) in [5.74, 6) is 0. The zero-order valence-corrected chi connectivity index (χ0v) is 7.84. The number of ether oxygens (including phenoxy) is 1. The summed E-state index contributed by atoms with van der Waals surface area (Å²) in [6, 6.07) is -0.509. The van der Waals surface area contributed by atoms with Crippen LogP contribution in [0.5, 0.6) is 0 Å². The lowest BCUT2D eigenvalue weighted by Crippen LogP contribution is -2.21. The number of alkyl carbamates (subject to hydrolysis) is 1. The first-order chi connectivity index (χ1) is 7.09. The molecule has 1 aromatic heterocycles. The van der Waals surface area contributed by atoms with Gasteiger partial charge in [-0.25, -0.2) is 4.79 Å². The van der Waals surface area contributed by atoms with Crippen LogP contribution in [-0.2, 0) is 11.8 Å². The highest BCUT2D eigenvalue weighted by molar-refractivity contribution is 5.70. The third kappa shape index (κ3) is 1.49. The van der Waals surface area contributed by atoms with E-state index in [-0.39, 0.29) is 12.3 Å². The summed E-state index contributed by atoms with van der Waals surface area (Å²) in [7, 11) is 1.58. The van der Waals surface area contributed by atoms with Crippen molar-refractivity contribution in [2.45, 2.75) is 6.04 Å². The van der Waals surface area contributed by atoms with E-state index in [9.17, 15) is 14.9 Å². The third-order valence-corrected chi connectivity index (χ3v) is 2.16. The van der Waals surface area contributed by atoms with Gasteiger partial charge in [-0.2, -0.15) is 5.10 Å². The fraction of sp³-hybridized carbons (Fsp3) is 0.429. The molecule has 8 heteroatoms. The van der Waals surface area contributed by atoms with Crippen LogP contribution in [0.3, 0.4) is 0 Å². The number of hydrogen-bond donors (Lipinski definition) is 1. The van der Waals surface area contributed by atoms with Crippen molar-refractivity contribution in [1.82, 2.24) is 15.1 Å². The van der Waals surface area contributed by atoms with Gasteiger partial charge < -0.3 is 10.1 Å². The number of carbonyl (C=O) groups is 1. The molecule has 15 heavy (non-hydrogen) atoms. The average Bonchev–Trinajstić information content (AvgIpc) is 2.71. The third-order valence-electron chi connectivity index (χ3n) is 2.16. The predicted molar refractivity (Wildman–Crippen MR) is 47.1 cm³/mol. The number of nitro groups is 1.